The first-order valence-corrected chi connectivity index (χ1v) is 3.81. The predicted octanol–water partition coefficient (Wildman–Crippen LogP) is -1.21. The van der Waals surface area contributed by atoms with Gasteiger partial charge in [0.1, 0.15) is 5.82 Å². The lowest BCUT2D eigenvalue weighted by atomic mass is 10.4. The molecule has 0 aliphatic carbocycles. The van der Waals surface area contributed by atoms with Crippen LogP contribution >= 0.6 is 0 Å². The van der Waals surface area contributed by atoms with E-state index in [4.69, 9.17) is 9.47 Å². The van der Waals surface area contributed by atoms with Crippen LogP contribution in [0.5, 0.6) is 11.8 Å². The maximum absolute atomic E-state index is 10.3. The van der Waals surface area contributed by atoms with Gasteiger partial charge in [-0.15, -0.1) is 0 Å². The molecule has 76 valence electrons. The van der Waals surface area contributed by atoms with Crippen LogP contribution in [-0.4, -0.2) is 30.2 Å². The molecule has 6 heteroatoms. The van der Waals surface area contributed by atoms with E-state index in [0.29, 0.717) is 0 Å². The number of carbonyl (C=O) groups is 1. The zero-order chi connectivity index (χ0) is 10.6. The highest BCUT2D eigenvalue weighted by Crippen LogP contribution is 2.14. The Balaban J connectivity index is 2.98. The zero-order valence-electron chi connectivity index (χ0n) is 7.81. The van der Waals surface area contributed by atoms with Gasteiger partial charge in [0.05, 0.1) is 20.3 Å². The number of carboxylic acid groups (broad SMARTS) is 1. The van der Waals surface area contributed by atoms with E-state index in [0.717, 1.165) is 0 Å². The molecule has 0 aliphatic heterocycles. The van der Waals surface area contributed by atoms with Crippen LogP contribution in [0.1, 0.15) is 5.82 Å². The molecule has 1 aromatic rings. The molecule has 0 saturated heterocycles. The second-order valence-electron chi connectivity index (χ2n) is 2.42. The number of carboxylic acids is 1. The molecule has 6 nitrogen and oxygen atoms in total. The Morgan fingerprint density at radius 1 is 1.36 bits per heavy atom. The molecule has 0 unspecified atom stereocenters. The van der Waals surface area contributed by atoms with Gasteiger partial charge in [-0.1, -0.05) is 0 Å². The Morgan fingerprint density at radius 2 is 1.86 bits per heavy atom. The second kappa shape index (κ2) is 4.40. The summed E-state index contributed by atoms with van der Waals surface area (Å²) in [5.74, 6) is -0.636. The molecule has 0 aliphatic rings. The first kappa shape index (κ1) is 10.2. The molecule has 0 amide bonds. The largest absolute Gasteiger partial charge is 0.550 e. The number of carbonyl (C=O) groups excluding carboxylic acids is 1. The van der Waals surface area contributed by atoms with Gasteiger partial charge in [-0.25, -0.2) is 0 Å². The van der Waals surface area contributed by atoms with Crippen molar-refractivity contribution in [2.24, 2.45) is 0 Å². The Morgan fingerprint density at radius 3 is 2.21 bits per heavy atom. The maximum atomic E-state index is 10.3. The Bertz CT molecular complexity index is 318. The molecule has 1 rings (SSSR count). The van der Waals surface area contributed by atoms with Gasteiger partial charge in [-0.3, -0.25) is 0 Å². The highest BCUT2D eigenvalue weighted by Gasteiger charge is 2.04. The number of aromatic nitrogens is 2. The smallest absolute Gasteiger partial charge is 0.220 e. The van der Waals surface area contributed by atoms with Gasteiger partial charge in [-0.2, -0.15) is 9.97 Å². The first-order chi connectivity index (χ1) is 6.65. The van der Waals surface area contributed by atoms with Crippen LogP contribution < -0.4 is 14.6 Å². The van der Waals surface area contributed by atoms with Crippen molar-refractivity contribution >= 4 is 5.97 Å². The van der Waals surface area contributed by atoms with Gasteiger partial charge in [-0.05, 0) is 0 Å². The molecule has 0 N–H and O–H groups in total. The van der Waals surface area contributed by atoms with Gasteiger partial charge >= 0.3 is 0 Å². The Labute approximate surface area is 80.5 Å². The summed E-state index contributed by atoms with van der Waals surface area (Å²) in [6.45, 7) is 0. The minimum absolute atomic E-state index is 0.0983. The molecule has 0 bridgehead atoms. The van der Waals surface area contributed by atoms with Gasteiger partial charge in [0.2, 0.25) is 11.8 Å². The van der Waals surface area contributed by atoms with E-state index in [1.54, 1.807) is 0 Å². The summed E-state index contributed by atoms with van der Waals surface area (Å²) in [5.41, 5.74) is 0. The van der Waals surface area contributed by atoms with Gasteiger partial charge < -0.3 is 19.4 Å². The van der Waals surface area contributed by atoms with E-state index in [9.17, 15) is 9.90 Å². The van der Waals surface area contributed by atoms with Crippen molar-refractivity contribution in [3.05, 3.63) is 11.9 Å². The third kappa shape index (κ3) is 2.58. The number of hydrogen-bond donors (Lipinski definition) is 0. The maximum Gasteiger partial charge on any atom is 0.220 e. The van der Waals surface area contributed by atoms with Gasteiger partial charge in [0.25, 0.3) is 0 Å². The monoisotopic (exact) mass is 197 g/mol. The molecule has 0 spiro atoms. The summed E-state index contributed by atoms with van der Waals surface area (Å²) in [5, 5.41) is 10.3. The van der Waals surface area contributed by atoms with E-state index < -0.39 is 5.97 Å². The fourth-order valence-electron chi connectivity index (χ4n) is 0.867. The van der Waals surface area contributed by atoms with E-state index in [1.165, 1.54) is 20.3 Å². The van der Waals surface area contributed by atoms with Crippen LogP contribution in [0.2, 0.25) is 0 Å². The molecule has 0 fully saturated rings. The van der Waals surface area contributed by atoms with Crippen molar-refractivity contribution < 1.29 is 19.4 Å². The average molecular weight is 197 g/mol. The van der Waals surface area contributed by atoms with Crippen molar-refractivity contribution in [1.29, 1.82) is 0 Å². The quantitative estimate of drug-likeness (QED) is 0.602. The fourth-order valence-corrected chi connectivity index (χ4v) is 0.867. The lowest BCUT2D eigenvalue weighted by Crippen LogP contribution is -2.25. The van der Waals surface area contributed by atoms with E-state index in [-0.39, 0.29) is 24.0 Å². The average Bonchev–Trinajstić information content (AvgIpc) is 2.16. The van der Waals surface area contributed by atoms with Gasteiger partial charge in [0, 0.05) is 12.4 Å². The molecule has 1 heterocycles. The van der Waals surface area contributed by atoms with Crippen molar-refractivity contribution in [3.8, 4) is 11.8 Å². The van der Waals surface area contributed by atoms with Crippen LogP contribution in [0, 0.1) is 0 Å². The standard InChI is InChI=1S/C8H10N2O4/c1-13-6-4-7(14-2)10-5(9-6)3-8(11)12/h4H,3H2,1-2H3,(H,11,12)/p-1. The predicted molar refractivity (Wildman–Crippen MR) is 43.8 cm³/mol. The summed E-state index contributed by atoms with van der Waals surface area (Å²) >= 11 is 0. The normalized spacial score (nSPS) is 9.57. The summed E-state index contributed by atoms with van der Waals surface area (Å²) in [7, 11) is 2.84. The topological polar surface area (TPSA) is 84.4 Å². The molecule has 0 atom stereocenters. The van der Waals surface area contributed by atoms with Gasteiger partial charge in [0.15, 0.2) is 0 Å². The molecular formula is C8H9N2O4-. The number of hydrogen-bond acceptors (Lipinski definition) is 6. The summed E-state index contributed by atoms with van der Waals surface area (Å²) in [4.78, 5) is 17.9. The lowest BCUT2D eigenvalue weighted by molar-refractivity contribution is -0.304. The van der Waals surface area contributed by atoms with Crippen LogP contribution in [0.25, 0.3) is 0 Å². The molecule has 0 saturated carbocycles. The van der Waals surface area contributed by atoms with Crippen LogP contribution in [-0.2, 0) is 11.2 Å². The number of nitrogens with zero attached hydrogens (tertiary/aromatic N) is 2. The van der Waals surface area contributed by atoms with Crippen molar-refractivity contribution in [2.45, 2.75) is 6.42 Å². The summed E-state index contributed by atoms with van der Waals surface area (Å²) in [6.07, 6.45) is -0.368. The minimum Gasteiger partial charge on any atom is -0.550 e. The van der Waals surface area contributed by atoms with Crippen molar-refractivity contribution in [3.63, 3.8) is 0 Å². The van der Waals surface area contributed by atoms with E-state index >= 15 is 0 Å². The minimum atomic E-state index is -1.25. The second-order valence-corrected chi connectivity index (χ2v) is 2.42. The van der Waals surface area contributed by atoms with Crippen LogP contribution in [0.4, 0.5) is 0 Å². The van der Waals surface area contributed by atoms with Crippen LogP contribution in [0.3, 0.4) is 0 Å². The van der Waals surface area contributed by atoms with E-state index in [2.05, 4.69) is 9.97 Å². The lowest BCUT2D eigenvalue weighted by Gasteiger charge is -2.06. The molecule has 0 radical (unpaired) electrons. The highest BCUT2D eigenvalue weighted by molar-refractivity contribution is 5.66. The SMILES string of the molecule is COc1cc(OC)nc(CC(=O)[O-])n1. The third-order valence-corrected chi connectivity index (χ3v) is 1.45. The third-order valence-electron chi connectivity index (χ3n) is 1.45. The molecule has 1 aromatic heterocycles. The fraction of sp³-hybridized carbons (Fsp3) is 0.375. The molecule has 0 aromatic carbocycles. The molecular weight excluding hydrogens is 188 g/mol. The van der Waals surface area contributed by atoms with Crippen molar-refractivity contribution in [1.82, 2.24) is 9.97 Å². The Kier molecular flexibility index (Phi) is 3.22. The number of ether oxygens (including phenoxy) is 2. The van der Waals surface area contributed by atoms with Crippen molar-refractivity contribution in [2.75, 3.05) is 14.2 Å². The highest BCUT2D eigenvalue weighted by atomic mass is 16.5. The zero-order valence-corrected chi connectivity index (χ0v) is 7.81. The Hall–Kier alpha value is -1.85. The number of methoxy groups -OCH3 is 2. The first-order valence-electron chi connectivity index (χ1n) is 3.81. The summed E-state index contributed by atoms with van der Waals surface area (Å²) in [6, 6.07) is 1.46. The molecule has 14 heavy (non-hydrogen) atoms. The summed E-state index contributed by atoms with van der Waals surface area (Å²) < 4.78 is 9.67. The number of aliphatic carboxylic acids is 1. The number of rotatable bonds is 4. The van der Waals surface area contributed by atoms with E-state index in [1.807, 2.05) is 0 Å². The van der Waals surface area contributed by atoms with Crippen LogP contribution in [0.15, 0.2) is 6.07 Å².